The highest BCUT2D eigenvalue weighted by molar-refractivity contribution is 4.74. The SMILES string of the molecule is C1CCOC1.CCC(C)(C)OC(C)(C)CC. The molecule has 0 aromatic carbocycles. The van der Waals surface area contributed by atoms with Crippen molar-refractivity contribution in [2.24, 2.45) is 0 Å². The van der Waals surface area contributed by atoms with Crippen LogP contribution in [0.25, 0.3) is 0 Å². The highest BCUT2D eigenvalue weighted by atomic mass is 16.5. The van der Waals surface area contributed by atoms with Crippen LogP contribution in [-0.2, 0) is 9.47 Å². The maximum Gasteiger partial charge on any atom is 0.0631 e. The van der Waals surface area contributed by atoms with Crippen molar-refractivity contribution in [3.63, 3.8) is 0 Å². The third-order valence-corrected chi connectivity index (χ3v) is 3.08. The van der Waals surface area contributed by atoms with Gasteiger partial charge in [0.1, 0.15) is 0 Å². The van der Waals surface area contributed by atoms with E-state index in [1.807, 2.05) is 0 Å². The van der Waals surface area contributed by atoms with Gasteiger partial charge in [0.2, 0.25) is 0 Å². The molecule has 0 atom stereocenters. The zero-order chi connectivity index (χ0) is 12.7. The maximum atomic E-state index is 5.92. The summed E-state index contributed by atoms with van der Waals surface area (Å²) in [6.07, 6.45) is 4.69. The van der Waals surface area contributed by atoms with E-state index in [-0.39, 0.29) is 11.2 Å². The summed E-state index contributed by atoms with van der Waals surface area (Å²) < 4.78 is 10.9. The molecule has 0 unspecified atom stereocenters. The summed E-state index contributed by atoms with van der Waals surface area (Å²) >= 11 is 0. The van der Waals surface area contributed by atoms with E-state index in [2.05, 4.69) is 41.5 Å². The van der Waals surface area contributed by atoms with Crippen LogP contribution in [0.15, 0.2) is 0 Å². The Kier molecular flexibility index (Phi) is 7.25. The lowest BCUT2D eigenvalue weighted by Gasteiger charge is -2.34. The number of hydrogen-bond acceptors (Lipinski definition) is 2. The molecule has 0 N–H and O–H groups in total. The molecule has 0 radical (unpaired) electrons. The first-order chi connectivity index (χ1) is 7.33. The molecule has 2 heteroatoms. The summed E-state index contributed by atoms with van der Waals surface area (Å²) in [6, 6.07) is 0. The van der Waals surface area contributed by atoms with Gasteiger partial charge in [-0.3, -0.25) is 0 Å². The van der Waals surface area contributed by atoms with Crippen molar-refractivity contribution >= 4 is 0 Å². The molecule has 0 spiro atoms. The Morgan fingerprint density at radius 3 is 1.44 bits per heavy atom. The van der Waals surface area contributed by atoms with E-state index < -0.39 is 0 Å². The van der Waals surface area contributed by atoms with E-state index in [4.69, 9.17) is 9.47 Å². The first-order valence-electron chi connectivity index (χ1n) is 6.61. The monoisotopic (exact) mass is 230 g/mol. The normalized spacial score (nSPS) is 16.9. The van der Waals surface area contributed by atoms with Gasteiger partial charge in [0, 0.05) is 13.2 Å². The summed E-state index contributed by atoms with van der Waals surface area (Å²) in [7, 11) is 0. The Morgan fingerprint density at radius 2 is 1.25 bits per heavy atom. The van der Waals surface area contributed by atoms with Crippen molar-refractivity contribution in [3.8, 4) is 0 Å². The molecular formula is C14H30O2. The first-order valence-corrected chi connectivity index (χ1v) is 6.61. The van der Waals surface area contributed by atoms with Crippen molar-refractivity contribution in [2.75, 3.05) is 13.2 Å². The highest BCUT2D eigenvalue weighted by Crippen LogP contribution is 2.24. The van der Waals surface area contributed by atoms with Crippen molar-refractivity contribution in [2.45, 2.75) is 78.4 Å². The van der Waals surface area contributed by atoms with Gasteiger partial charge >= 0.3 is 0 Å². The summed E-state index contributed by atoms with van der Waals surface area (Å²) in [5, 5.41) is 0. The number of hydrogen-bond donors (Lipinski definition) is 0. The second kappa shape index (κ2) is 7.29. The molecule has 1 heterocycles. The fraction of sp³-hybridized carbons (Fsp3) is 1.00. The Bertz CT molecular complexity index is 148. The molecule has 98 valence electrons. The quantitative estimate of drug-likeness (QED) is 0.721. The summed E-state index contributed by atoms with van der Waals surface area (Å²) in [5.41, 5.74) is 0.0546. The second-order valence-electron chi connectivity index (χ2n) is 5.65. The maximum absolute atomic E-state index is 5.92. The van der Waals surface area contributed by atoms with Crippen molar-refractivity contribution in [1.29, 1.82) is 0 Å². The van der Waals surface area contributed by atoms with E-state index >= 15 is 0 Å². The molecule has 0 aromatic rings. The zero-order valence-corrected chi connectivity index (χ0v) is 12.1. The number of ether oxygens (including phenoxy) is 2. The van der Waals surface area contributed by atoms with Crippen LogP contribution in [0.2, 0.25) is 0 Å². The van der Waals surface area contributed by atoms with Gasteiger partial charge in [0.25, 0.3) is 0 Å². The molecule has 1 fully saturated rings. The van der Waals surface area contributed by atoms with Crippen LogP contribution < -0.4 is 0 Å². The smallest absolute Gasteiger partial charge is 0.0631 e. The van der Waals surface area contributed by atoms with E-state index in [0.29, 0.717) is 0 Å². The van der Waals surface area contributed by atoms with Crippen LogP contribution in [0.4, 0.5) is 0 Å². The van der Waals surface area contributed by atoms with Crippen LogP contribution in [0.3, 0.4) is 0 Å². The number of rotatable bonds is 4. The second-order valence-corrected chi connectivity index (χ2v) is 5.65. The van der Waals surface area contributed by atoms with Gasteiger partial charge in [-0.25, -0.2) is 0 Å². The summed E-state index contributed by atoms with van der Waals surface area (Å²) in [6.45, 7) is 14.9. The third-order valence-electron chi connectivity index (χ3n) is 3.08. The largest absolute Gasteiger partial charge is 0.381 e. The Morgan fingerprint density at radius 1 is 0.875 bits per heavy atom. The van der Waals surface area contributed by atoms with Gasteiger partial charge in [-0.15, -0.1) is 0 Å². The minimum Gasteiger partial charge on any atom is -0.381 e. The van der Waals surface area contributed by atoms with Crippen molar-refractivity contribution in [3.05, 3.63) is 0 Å². The van der Waals surface area contributed by atoms with Crippen LogP contribution >= 0.6 is 0 Å². The lowest BCUT2D eigenvalue weighted by molar-refractivity contribution is -0.124. The fourth-order valence-corrected chi connectivity index (χ4v) is 1.40. The van der Waals surface area contributed by atoms with E-state index in [1.165, 1.54) is 12.8 Å². The molecule has 0 aliphatic carbocycles. The van der Waals surface area contributed by atoms with Crippen LogP contribution in [0, 0.1) is 0 Å². The third kappa shape index (κ3) is 8.12. The minimum absolute atomic E-state index is 0.0273. The van der Waals surface area contributed by atoms with Gasteiger partial charge in [-0.1, -0.05) is 13.8 Å². The minimum atomic E-state index is 0.0273. The highest BCUT2D eigenvalue weighted by Gasteiger charge is 2.25. The standard InChI is InChI=1S/C10H22O.C4H8O/c1-7-9(3,4)11-10(5,6)8-2;1-2-4-5-3-1/h7-8H2,1-6H3;1-4H2. The average Bonchev–Trinajstić information content (AvgIpc) is 2.74. The topological polar surface area (TPSA) is 18.5 Å². The van der Waals surface area contributed by atoms with E-state index in [0.717, 1.165) is 26.1 Å². The van der Waals surface area contributed by atoms with Gasteiger partial charge in [0.15, 0.2) is 0 Å². The lowest BCUT2D eigenvalue weighted by atomic mass is 10.0. The van der Waals surface area contributed by atoms with E-state index in [1.54, 1.807) is 0 Å². The molecule has 2 nitrogen and oxygen atoms in total. The van der Waals surface area contributed by atoms with Crippen LogP contribution in [0.5, 0.6) is 0 Å². The Hall–Kier alpha value is -0.0800. The zero-order valence-electron chi connectivity index (χ0n) is 12.1. The fourth-order valence-electron chi connectivity index (χ4n) is 1.40. The van der Waals surface area contributed by atoms with Crippen LogP contribution in [0.1, 0.15) is 67.2 Å². The summed E-state index contributed by atoms with van der Waals surface area (Å²) in [5.74, 6) is 0. The predicted molar refractivity (Wildman–Crippen MR) is 69.9 cm³/mol. The summed E-state index contributed by atoms with van der Waals surface area (Å²) in [4.78, 5) is 0. The lowest BCUT2D eigenvalue weighted by Crippen LogP contribution is -2.35. The first kappa shape index (κ1) is 15.9. The molecule has 16 heavy (non-hydrogen) atoms. The predicted octanol–water partition coefficient (Wildman–Crippen LogP) is 4.18. The molecular weight excluding hydrogens is 200 g/mol. The molecule has 0 bridgehead atoms. The molecule has 1 aliphatic rings. The van der Waals surface area contributed by atoms with Gasteiger partial charge in [0.05, 0.1) is 11.2 Å². The van der Waals surface area contributed by atoms with Gasteiger partial charge in [-0.05, 0) is 53.4 Å². The van der Waals surface area contributed by atoms with Crippen LogP contribution in [-0.4, -0.2) is 24.4 Å². The van der Waals surface area contributed by atoms with Gasteiger partial charge < -0.3 is 9.47 Å². The van der Waals surface area contributed by atoms with Crippen molar-refractivity contribution in [1.82, 2.24) is 0 Å². The molecule has 0 aromatic heterocycles. The van der Waals surface area contributed by atoms with Crippen molar-refractivity contribution < 1.29 is 9.47 Å². The molecule has 1 saturated heterocycles. The molecule has 0 saturated carbocycles. The Balaban J connectivity index is 0.000000368. The molecule has 0 amide bonds. The van der Waals surface area contributed by atoms with E-state index in [9.17, 15) is 0 Å². The molecule has 1 rings (SSSR count). The average molecular weight is 230 g/mol. The van der Waals surface area contributed by atoms with Gasteiger partial charge in [-0.2, -0.15) is 0 Å². The Labute approximate surface area is 102 Å². The molecule has 1 aliphatic heterocycles.